The molecule has 2 N–H and O–H groups in total. The van der Waals surface area contributed by atoms with Crippen molar-refractivity contribution in [3.63, 3.8) is 0 Å². The Balaban J connectivity index is 1.45. The number of carbonyl (C=O) groups excluding carboxylic acids is 1. The number of nitrogens with zero attached hydrogens (tertiary/aromatic N) is 4. The summed E-state index contributed by atoms with van der Waals surface area (Å²) in [5, 5.41) is 14.7. The van der Waals surface area contributed by atoms with E-state index in [0.717, 1.165) is 48.6 Å². The van der Waals surface area contributed by atoms with E-state index in [9.17, 15) is 4.79 Å². The van der Waals surface area contributed by atoms with Gasteiger partial charge in [-0.3, -0.25) is 4.79 Å². The highest BCUT2D eigenvalue weighted by molar-refractivity contribution is 6.03. The predicted octanol–water partition coefficient (Wildman–Crippen LogP) is 3.33. The zero-order chi connectivity index (χ0) is 20.2. The lowest BCUT2D eigenvalue weighted by atomic mass is 10.0. The number of rotatable bonds is 5. The number of anilines is 2. The Morgan fingerprint density at radius 2 is 1.86 bits per heavy atom. The maximum absolute atomic E-state index is 12.7. The van der Waals surface area contributed by atoms with Crippen LogP contribution < -0.4 is 10.6 Å². The third-order valence-electron chi connectivity index (χ3n) is 5.32. The summed E-state index contributed by atoms with van der Waals surface area (Å²) < 4.78 is 1.60. The number of likely N-dealkylation sites (tertiary alicyclic amines) is 1. The van der Waals surface area contributed by atoms with Gasteiger partial charge >= 0.3 is 0 Å². The third-order valence-corrected chi connectivity index (χ3v) is 5.32. The van der Waals surface area contributed by atoms with Gasteiger partial charge in [0, 0.05) is 17.4 Å². The van der Waals surface area contributed by atoms with Crippen LogP contribution in [0.3, 0.4) is 0 Å². The van der Waals surface area contributed by atoms with Gasteiger partial charge in [0.15, 0.2) is 5.69 Å². The smallest absolute Gasteiger partial charge is 0.277 e. The molecule has 1 amide bonds. The molecule has 1 aliphatic heterocycles. The first-order chi connectivity index (χ1) is 14.1. The molecular weight excluding hydrogens is 364 g/mol. The summed E-state index contributed by atoms with van der Waals surface area (Å²) in [6, 6.07) is 16.1. The molecule has 0 unspecified atom stereocenters. The fourth-order valence-electron chi connectivity index (χ4n) is 3.50. The summed E-state index contributed by atoms with van der Waals surface area (Å²) in [5.74, 6) is -0.272. The van der Waals surface area contributed by atoms with Crippen molar-refractivity contribution in [2.24, 2.45) is 0 Å². The molecule has 1 fully saturated rings. The number of hydrogen-bond acceptors (Lipinski definition) is 5. The van der Waals surface area contributed by atoms with Crippen LogP contribution in [0.1, 0.15) is 28.9 Å². The number of hydrogen-bond donors (Lipinski definition) is 2. The van der Waals surface area contributed by atoms with Crippen molar-refractivity contribution in [3.8, 4) is 5.69 Å². The van der Waals surface area contributed by atoms with Gasteiger partial charge in [0.2, 0.25) is 0 Å². The van der Waals surface area contributed by atoms with E-state index in [4.69, 9.17) is 0 Å². The Morgan fingerprint density at radius 1 is 1.10 bits per heavy atom. The summed E-state index contributed by atoms with van der Waals surface area (Å²) >= 11 is 0. The minimum absolute atomic E-state index is 0.272. The maximum atomic E-state index is 12.7. The molecule has 0 saturated carbocycles. The van der Waals surface area contributed by atoms with Gasteiger partial charge in [-0.15, -0.1) is 5.10 Å². The van der Waals surface area contributed by atoms with Gasteiger partial charge in [-0.05, 0) is 69.7 Å². The van der Waals surface area contributed by atoms with Crippen molar-refractivity contribution < 1.29 is 4.79 Å². The molecule has 7 nitrogen and oxygen atoms in total. The number of benzene rings is 2. The molecule has 0 atom stereocenters. The Labute approximate surface area is 170 Å². The Morgan fingerprint density at radius 3 is 2.62 bits per heavy atom. The quantitative estimate of drug-likeness (QED) is 0.699. The Bertz CT molecular complexity index is 976. The monoisotopic (exact) mass is 390 g/mol. The summed E-state index contributed by atoms with van der Waals surface area (Å²) in [4.78, 5) is 15.0. The Kier molecular flexibility index (Phi) is 5.57. The van der Waals surface area contributed by atoms with Crippen molar-refractivity contribution in [3.05, 3.63) is 66.0 Å². The molecule has 150 valence electrons. The van der Waals surface area contributed by atoms with Crippen molar-refractivity contribution in [1.29, 1.82) is 0 Å². The van der Waals surface area contributed by atoms with Gasteiger partial charge in [0.05, 0.1) is 11.9 Å². The molecule has 1 aromatic heterocycles. The first-order valence-corrected chi connectivity index (χ1v) is 9.93. The van der Waals surface area contributed by atoms with Gasteiger partial charge in [-0.25, -0.2) is 4.68 Å². The fourth-order valence-corrected chi connectivity index (χ4v) is 3.50. The van der Waals surface area contributed by atoms with Crippen LogP contribution in [-0.4, -0.2) is 52.0 Å². The minimum atomic E-state index is -0.272. The molecule has 1 saturated heterocycles. The standard InChI is InChI=1S/C22H26N6O/c1-16-8-9-18(23-17-10-12-27(2)13-11-17)14-20(16)24-22(29)21-15-28(26-25-21)19-6-4-3-5-7-19/h3-9,14-15,17,23H,10-13H2,1-2H3,(H,24,29). The first kappa shape index (κ1) is 19.1. The second kappa shape index (κ2) is 8.45. The Hall–Kier alpha value is -3.19. The van der Waals surface area contributed by atoms with Crippen LogP contribution in [0.4, 0.5) is 11.4 Å². The van der Waals surface area contributed by atoms with E-state index in [2.05, 4.69) is 39.0 Å². The summed E-state index contributed by atoms with van der Waals surface area (Å²) in [7, 11) is 2.16. The van der Waals surface area contributed by atoms with Crippen LogP contribution >= 0.6 is 0 Å². The van der Waals surface area contributed by atoms with Crippen LogP contribution in [0.2, 0.25) is 0 Å². The second-order valence-corrected chi connectivity index (χ2v) is 7.59. The van der Waals surface area contributed by atoms with Crippen LogP contribution in [0.5, 0.6) is 0 Å². The van der Waals surface area contributed by atoms with E-state index in [1.807, 2.05) is 49.4 Å². The topological polar surface area (TPSA) is 75.1 Å². The lowest BCUT2D eigenvalue weighted by Crippen LogP contribution is -2.36. The van der Waals surface area contributed by atoms with Crippen LogP contribution in [0, 0.1) is 6.92 Å². The molecule has 0 spiro atoms. The van der Waals surface area contributed by atoms with Gasteiger partial charge in [0.1, 0.15) is 0 Å². The van der Waals surface area contributed by atoms with Crippen molar-refractivity contribution in [2.75, 3.05) is 30.8 Å². The SMILES string of the molecule is Cc1ccc(NC2CCN(C)CC2)cc1NC(=O)c1cn(-c2ccccc2)nn1. The van der Waals surface area contributed by atoms with Gasteiger partial charge in [0.25, 0.3) is 5.91 Å². The molecular formula is C22H26N6O. The first-order valence-electron chi connectivity index (χ1n) is 9.93. The number of piperidine rings is 1. The molecule has 0 aliphatic carbocycles. The van der Waals surface area contributed by atoms with Crippen LogP contribution in [-0.2, 0) is 0 Å². The van der Waals surface area contributed by atoms with E-state index in [1.165, 1.54) is 0 Å². The zero-order valence-electron chi connectivity index (χ0n) is 16.8. The average molecular weight is 390 g/mol. The summed E-state index contributed by atoms with van der Waals surface area (Å²) in [6.07, 6.45) is 3.88. The van der Waals surface area contributed by atoms with E-state index in [0.29, 0.717) is 6.04 Å². The predicted molar refractivity (Wildman–Crippen MR) is 115 cm³/mol. The van der Waals surface area contributed by atoms with E-state index >= 15 is 0 Å². The molecule has 2 heterocycles. The normalized spacial score (nSPS) is 15.2. The average Bonchev–Trinajstić information content (AvgIpc) is 3.23. The molecule has 2 aromatic carbocycles. The number of aryl methyl sites for hydroxylation is 1. The van der Waals surface area contributed by atoms with Gasteiger partial charge in [-0.1, -0.05) is 29.5 Å². The molecule has 7 heteroatoms. The van der Waals surface area contributed by atoms with Crippen molar-refractivity contribution in [2.45, 2.75) is 25.8 Å². The van der Waals surface area contributed by atoms with Gasteiger partial charge in [-0.2, -0.15) is 0 Å². The summed E-state index contributed by atoms with van der Waals surface area (Å²) in [5.41, 5.74) is 3.94. The maximum Gasteiger partial charge on any atom is 0.277 e. The number of aromatic nitrogens is 3. The summed E-state index contributed by atoms with van der Waals surface area (Å²) in [6.45, 7) is 4.18. The molecule has 1 aliphatic rings. The number of amides is 1. The van der Waals surface area contributed by atoms with Crippen LogP contribution in [0.25, 0.3) is 5.69 Å². The van der Waals surface area contributed by atoms with Crippen molar-refractivity contribution >= 4 is 17.3 Å². The lowest BCUT2D eigenvalue weighted by Gasteiger charge is -2.30. The molecule has 4 rings (SSSR count). The van der Waals surface area contributed by atoms with Crippen LogP contribution in [0.15, 0.2) is 54.7 Å². The number of para-hydroxylation sites is 1. The molecule has 0 bridgehead atoms. The largest absolute Gasteiger partial charge is 0.382 e. The highest BCUT2D eigenvalue weighted by Gasteiger charge is 2.17. The highest BCUT2D eigenvalue weighted by Crippen LogP contribution is 2.23. The number of nitrogens with one attached hydrogen (secondary N) is 2. The third kappa shape index (κ3) is 4.63. The second-order valence-electron chi connectivity index (χ2n) is 7.59. The van der Waals surface area contributed by atoms with E-state index in [-0.39, 0.29) is 11.6 Å². The van der Waals surface area contributed by atoms with E-state index in [1.54, 1.807) is 10.9 Å². The lowest BCUT2D eigenvalue weighted by molar-refractivity contribution is 0.102. The minimum Gasteiger partial charge on any atom is -0.382 e. The number of carbonyl (C=O) groups is 1. The molecule has 0 radical (unpaired) electrons. The molecule has 3 aromatic rings. The molecule has 29 heavy (non-hydrogen) atoms. The van der Waals surface area contributed by atoms with Crippen molar-refractivity contribution in [1.82, 2.24) is 19.9 Å². The highest BCUT2D eigenvalue weighted by atomic mass is 16.2. The zero-order valence-corrected chi connectivity index (χ0v) is 16.8. The fraction of sp³-hybridized carbons (Fsp3) is 0.318. The van der Waals surface area contributed by atoms with E-state index < -0.39 is 0 Å². The van der Waals surface area contributed by atoms with Gasteiger partial charge < -0.3 is 15.5 Å².